The van der Waals surface area contributed by atoms with E-state index in [1.807, 2.05) is 23.0 Å². The van der Waals surface area contributed by atoms with Crippen molar-refractivity contribution in [2.24, 2.45) is 4.47 Å². The highest BCUT2D eigenvalue weighted by Crippen LogP contribution is 2.06. The summed E-state index contributed by atoms with van der Waals surface area (Å²) >= 11 is 0. The second-order valence-corrected chi connectivity index (χ2v) is 4.17. The molecule has 1 N–H and O–H groups in total. The van der Waals surface area contributed by atoms with Gasteiger partial charge in [0.05, 0.1) is 6.54 Å². The van der Waals surface area contributed by atoms with Crippen molar-refractivity contribution < 1.29 is 9.59 Å². The maximum atomic E-state index is 11.3. The Bertz CT molecular complexity index is 359. The Morgan fingerprint density at radius 3 is 2.79 bits per heavy atom. The standard InChI is InChI=1S/C8H9N3O2S/c12-7-8(13)11(4-3-9-7)10-14-5-1-2-6-14/h1-2,5-6H,3-4H2,(H,9,12). The van der Waals surface area contributed by atoms with E-state index in [-0.39, 0.29) is 10.7 Å². The molecule has 2 aliphatic rings. The Morgan fingerprint density at radius 1 is 1.36 bits per heavy atom. The normalized spacial score (nSPS) is 21.6. The third kappa shape index (κ3) is 1.74. The number of nitrogens with zero attached hydrogens (tertiary/aromatic N) is 2. The van der Waals surface area contributed by atoms with Gasteiger partial charge < -0.3 is 5.32 Å². The Hall–Kier alpha value is -1.43. The van der Waals surface area contributed by atoms with Gasteiger partial charge in [-0.1, -0.05) is 12.2 Å². The summed E-state index contributed by atoms with van der Waals surface area (Å²) in [6.45, 7) is 0.925. The maximum Gasteiger partial charge on any atom is 0.332 e. The number of carbonyl (C=O) groups excluding carboxylic acids is 2. The minimum atomic E-state index is -0.573. The first-order valence-electron chi connectivity index (χ1n) is 4.16. The highest BCUT2D eigenvalue weighted by molar-refractivity contribution is 7.93. The number of hydrogen-bond acceptors (Lipinski definition) is 3. The van der Waals surface area contributed by atoms with Gasteiger partial charge in [0.1, 0.15) is 0 Å². The van der Waals surface area contributed by atoms with E-state index >= 15 is 0 Å². The highest BCUT2D eigenvalue weighted by atomic mass is 32.2. The average Bonchev–Trinajstić information content (AvgIpc) is 2.66. The summed E-state index contributed by atoms with van der Waals surface area (Å²) in [5.74, 6) is -1.15. The monoisotopic (exact) mass is 211 g/mol. The van der Waals surface area contributed by atoms with Crippen molar-refractivity contribution in [3.8, 4) is 0 Å². The molecule has 0 atom stereocenters. The molecule has 0 aromatic heterocycles. The lowest BCUT2D eigenvalue weighted by Crippen LogP contribution is -2.49. The molecular weight excluding hydrogens is 202 g/mol. The molecule has 5 nitrogen and oxygen atoms in total. The van der Waals surface area contributed by atoms with Gasteiger partial charge in [0, 0.05) is 6.54 Å². The third-order valence-corrected chi connectivity index (χ3v) is 3.04. The number of nitrogens with one attached hydrogen (secondary N) is 1. The summed E-state index contributed by atoms with van der Waals surface area (Å²) in [6.07, 6.45) is 3.75. The van der Waals surface area contributed by atoms with Gasteiger partial charge in [-0.3, -0.25) is 9.59 Å². The van der Waals surface area contributed by atoms with Crippen LogP contribution in [0.15, 0.2) is 27.4 Å². The number of carbonyl (C=O) groups is 2. The SMILES string of the molecule is O=C1NCCN(N=S2C=CC=C2)C1=O. The average molecular weight is 211 g/mol. The van der Waals surface area contributed by atoms with Crippen LogP contribution >= 0.6 is 0 Å². The van der Waals surface area contributed by atoms with Crippen molar-refractivity contribution in [1.29, 1.82) is 0 Å². The van der Waals surface area contributed by atoms with Gasteiger partial charge in [-0.15, -0.1) is 4.47 Å². The predicted molar refractivity (Wildman–Crippen MR) is 52.8 cm³/mol. The van der Waals surface area contributed by atoms with E-state index in [2.05, 4.69) is 9.79 Å². The van der Waals surface area contributed by atoms with Crippen LogP contribution in [0.4, 0.5) is 0 Å². The number of hydrogen-bond donors (Lipinski definition) is 1. The van der Waals surface area contributed by atoms with Crippen LogP contribution in [0, 0.1) is 0 Å². The van der Waals surface area contributed by atoms with E-state index in [0.717, 1.165) is 0 Å². The zero-order valence-corrected chi connectivity index (χ0v) is 8.16. The minimum Gasteiger partial charge on any atom is -0.346 e. The molecule has 0 spiro atoms. The maximum absolute atomic E-state index is 11.3. The van der Waals surface area contributed by atoms with Gasteiger partial charge in [0.2, 0.25) is 0 Å². The quantitative estimate of drug-likeness (QED) is 0.605. The van der Waals surface area contributed by atoms with E-state index in [0.29, 0.717) is 13.1 Å². The molecule has 0 aromatic carbocycles. The molecule has 2 aliphatic heterocycles. The van der Waals surface area contributed by atoms with Gasteiger partial charge in [-0.25, -0.2) is 5.01 Å². The summed E-state index contributed by atoms with van der Waals surface area (Å²) < 4.78 is 4.14. The molecule has 0 radical (unpaired) electrons. The summed E-state index contributed by atoms with van der Waals surface area (Å²) in [5.41, 5.74) is 0. The molecule has 1 saturated heterocycles. The second-order valence-electron chi connectivity index (χ2n) is 2.77. The van der Waals surface area contributed by atoms with E-state index in [9.17, 15) is 9.59 Å². The zero-order chi connectivity index (χ0) is 9.97. The number of amides is 2. The van der Waals surface area contributed by atoms with Crippen LogP contribution in [0.5, 0.6) is 0 Å². The molecule has 1 fully saturated rings. The number of rotatable bonds is 1. The van der Waals surface area contributed by atoms with Crippen molar-refractivity contribution >= 4 is 22.5 Å². The first kappa shape index (κ1) is 9.14. The second kappa shape index (κ2) is 3.75. The molecule has 2 rings (SSSR count). The van der Waals surface area contributed by atoms with Crippen LogP contribution in [0.1, 0.15) is 0 Å². The van der Waals surface area contributed by atoms with Crippen LogP contribution in [0.25, 0.3) is 0 Å². The van der Waals surface area contributed by atoms with Crippen LogP contribution in [0.3, 0.4) is 0 Å². The smallest absolute Gasteiger partial charge is 0.332 e. The van der Waals surface area contributed by atoms with Gasteiger partial charge in [0.25, 0.3) is 0 Å². The summed E-state index contributed by atoms with van der Waals surface area (Å²) in [7, 11) is -0.371. The summed E-state index contributed by atoms with van der Waals surface area (Å²) in [5, 5.41) is 7.48. The van der Waals surface area contributed by atoms with E-state index < -0.39 is 11.8 Å². The van der Waals surface area contributed by atoms with Crippen molar-refractivity contribution in [2.45, 2.75) is 0 Å². The lowest BCUT2D eigenvalue weighted by Gasteiger charge is -2.21. The number of piperazine rings is 1. The predicted octanol–water partition coefficient (Wildman–Crippen LogP) is -0.297. The van der Waals surface area contributed by atoms with Crippen LogP contribution in [-0.2, 0) is 20.3 Å². The third-order valence-electron chi connectivity index (χ3n) is 1.78. The van der Waals surface area contributed by atoms with Crippen molar-refractivity contribution in [3.63, 3.8) is 0 Å². The summed E-state index contributed by atoms with van der Waals surface area (Å²) in [4.78, 5) is 22.3. The molecule has 0 aromatic rings. The van der Waals surface area contributed by atoms with Crippen molar-refractivity contribution in [3.05, 3.63) is 23.0 Å². The molecule has 74 valence electrons. The topological polar surface area (TPSA) is 61.8 Å². The molecule has 0 bridgehead atoms. The van der Waals surface area contributed by atoms with Crippen LogP contribution < -0.4 is 5.32 Å². The number of allylic oxidation sites excluding steroid dienone is 2. The molecule has 2 amide bonds. The lowest BCUT2D eigenvalue weighted by molar-refractivity contribution is -0.148. The van der Waals surface area contributed by atoms with E-state index in [4.69, 9.17) is 0 Å². The molecule has 2 heterocycles. The minimum absolute atomic E-state index is 0.371. The largest absolute Gasteiger partial charge is 0.346 e. The van der Waals surface area contributed by atoms with Crippen molar-refractivity contribution in [1.82, 2.24) is 10.3 Å². The van der Waals surface area contributed by atoms with Gasteiger partial charge in [-0.2, -0.15) is 0 Å². The molecule has 0 unspecified atom stereocenters. The Balaban J connectivity index is 2.14. The van der Waals surface area contributed by atoms with Crippen molar-refractivity contribution in [2.75, 3.05) is 13.1 Å². The Labute approximate surface area is 83.5 Å². The fraction of sp³-hybridized carbons (Fsp3) is 0.250. The Kier molecular flexibility index (Phi) is 2.45. The molecule has 0 saturated carbocycles. The first-order chi connectivity index (χ1) is 6.77. The lowest BCUT2D eigenvalue weighted by atomic mass is 10.4. The first-order valence-corrected chi connectivity index (χ1v) is 5.46. The summed E-state index contributed by atoms with van der Waals surface area (Å²) in [6, 6.07) is 0. The van der Waals surface area contributed by atoms with Gasteiger partial charge in [-0.05, 0) is 21.5 Å². The zero-order valence-electron chi connectivity index (χ0n) is 7.34. The Morgan fingerprint density at radius 2 is 2.07 bits per heavy atom. The molecule has 6 heteroatoms. The van der Waals surface area contributed by atoms with Crippen LogP contribution in [0.2, 0.25) is 0 Å². The molecule has 0 aliphatic carbocycles. The van der Waals surface area contributed by atoms with E-state index in [1.54, 1.807) is 0 Å². The fourth-order valence-corrected chi connectivity index (χ4v) is 2.20. The molecule has 14 heavy (non-hydrogen) atoms. The van der Waals surface area contributed by atoms with Gasteiger partial charge in [0.15, 0.2) is 0 Å². The van der Waals surface area contributed by atoms with Crippen LogP contribution in [-0.4, -0.2) is 29.9 Å². The van der Waals surface area contributed by atoms with E-state index in [1.165, 1.54) is 5.01 Å². The molecular formula is C8H9N3O2S. The highest BCUT2D eigenvalue weighted by Gasteiger charge is 2.25. The fourth-order valence-electron chi connectivity index (χ4n) is 1.11. The van der Waals surface area contributed by atoms with Gasteiger partial charge >= 0.3 is 11.8 Å².